The molecule has 2 N–H and O–H groups in total. The van der Waals surface area contributed by atoms with Crippen molar-refractivity contribution in [1.82, 2.24) is 20.1 Å². The second kappa shape index (κ2) is 5.57. The molecule has 0 bridgehead atoms. The summed E-state index contributed by atoms with van der Waals surface area (Å²) in [7, 11) is 0. The molecule has 1 amide bonds. The minimum absolute atomic E-state index is 0.0690. The number of carbonyl (C=O) groups excluding carboxylic acids is 1. The molecule has 1 fully saturated rings. The number of nitrogens with zero attached hydrogens (tertiary/aromatic N) is 2. The van der Waals surface area contributed by atoms with Crippen LogP contribution in [0.25, 0.3) is 10.9 Å². The van der Waals surface area contributed by atoms with E-state index in [4.69, 9.17) is 0 Å². The van der Waals surface area contributed by atoms with Crippen molar-refractivity contribution in [1.29, 1.82) is 0 Å². The van der Waals surface area contributed by atoms with Crippen LogP contribution in [-0.4, -0.2) is 39.1 Å². The standard InChI is InChI=1S/C18H20N4O/c1-12-11-20-21-17(12)18(23)22-8-5-13(6-9-22)14-2-3-16-15(10-14)4-7-19-16/h2-4,7,10-11,13,19H,5-6,8-9H2,1H3,(H,20,21). The van der Waals surface area contributed by atoms with Gasteiger partial charge in [0.1, 0.15) is 5.69 Å². The van der Waals surface area contributed by atoms with Crippen LogP contribution in [0.1, 0.15) is 40.4 Å². The average Bonchev–Trinajstić information content (AvgIpc) is 3.22. The van der Waals surface area contributed by atoms with Gasteiger partial charge in [-0.15, -0.1) is 0 Å². The Bertz CT molecular complexity index is 839. The first-order chi connectivity index (χ1) is 11.2. The summed E-state index contributed by atoms with van der Waals surface area (Å²) in [6.45, 7) is 3.51. The van der Waals surface area contributed by atoms with Crippen molar-refractivity contribution < 1.29 is 4.79 Å². The smallest absolute Gasteiger partial charge is 0.272 e. The predicted molar refractivity (Wildman–Crippen MR) is 89.5 cm³/mol. The van der Waals surface area contributed by atoms with Gasteiger partial charge in [-0.3, -0.25) is 9.89 Å². The molecule has 0 aliphatic carbocycles. The van der Waals surface area contributed by atoms with E-state index in [-0.39, 0.29) is 5.91 Å². The number of aromatic nitrogens is 3. The van der Waals surface area contributed by atoms with Crippen molar-refractivity contribution in [2.75, 3.05) is 13.1 Å². The third-order valence-electron chi connectivity index (χ3n) is 4.87. The zero-order valence-electron chi connectivity index (χ0n) is 13.2. The maximum absolute atomic E-state index is 12.5. The molecular formula is C18H20N4O. The number of aryl methyl sites for hydroxylation is 1. The van der Waals surface area contributed by atoms with Gasteiger partial charge in [0.25, 0.3) is 5.91 Å². The Morgan fingerprint density at radius 1 is 1.26 bits per heavy atom. The van der Waals surface area contributed by atoms with E-state index in [0.29, 0.717) is 11.6 Å². The maximum atomic E-state index is 12.5. The highest BCUT2D eigenvalue weighted by Crippen LogP contribution is 2.30. The molecule has 3 heterocycles. The molecular weight excluding hydrogens is 288 g/mol. The fourth-order valence-electron chi connectivity index (χ4n) is 3.46. The molecule has 2 aromatic heterocycles. The van der Waals surface area contributed by atoms with Gasteiger partial charge in [-0.05, 0) is 60.4 Å². The predicted octanol–water partition coefficient (Wildman–Crippen LogP) is 3.22. The molecule has 4 rings (SSSR count). The second-order valence-electron chi connectivity index (χ2n) is 6.32. The Morgan fingerprint density at radius 2 is 2.09 bits per heavy atom. The van der Waals surface area contributed by atoms with Crippen molar-refractivity contribution in [2.45, 2.75) is 25.7 Å². The lowest BCUT2D eigenvalue weighted by Gasteiger charge is -2.32. The third-order valence-corrected chi connectivity index (χ3v) is 4.87. The Hall–Kier alpha value is -2.56. The van der Waals surface area contributed by atoms with Gasteiger partial charge in [-0.2, -0.15) is 5.10 Å². The fourth-order valence-corrected chi connectivity index (χ4v) is 3.46. The molecule has 1 saturated heterocycles. The summed E-state index contributed by atoms with van der Waals surface area (Å²) in [6, 6.07) is 8.74. The number of hydrogen-bond donors (Lipinski definition) is 2. The topological polar surface area (TPSA) is 64.8 Å². The van der Waals surface area contributed by atoms with Crippen molar-refractivity contribution in [3.8, 4) is 0 Å². The molecule has 5 heteroatoms. The third kappa shape index (κ3) is 2.52. The van der Waals surface area contributed by atoms with Crippen molar-refractivity contribution >= 4 is 16.8 Å². The molecule has 23 heavy (non-hydrogen) atoms. The lowest BCUT2D eigenvalue weighted by Crippen LogP contribution is -2.38. The number of hydrogen-bond acceptors (Lipinski definition) is 2. The fraction of sp³-hybridized carbons (Fsp3) is 0.333. The largest absolute Gasteiger partial charge is 0.361 e. The van der Waals surface area contributed by atoms with Gasteiger partial charge in [0, 0.05) is 24.8 Å². The van der Waals surface area contributed by atoms with E-state index in [1.54, 1.807) is 6.20 Å². The number of amides is 1. The number of piperidine rings is 1. The van der Waals surface area contributed by atoms with E-state index in [1.165, 1.54) is 16.5 Å². The molecule has 1 aliphatic heterocycles. The van der Waals surface area contributed by atoms with Gasteiger partial charge in [0.15, 0.2) is 0 Å². The number of carbonyl (C=O) groups is 1. The normalized spacial score (nSPS) is 16.1. The van der Waals surface area contributed by atoms with E-state index in [0.717, 1.165) is 31.5 Å². The van der Waals surface area contributed by atoms with E-state index >= 15 is 0 Å². The molecule has 1 aromatic carbocycles. The van der Waals surface area contributed by atoms with Crippen LogP contribution in [0.5, 0.6) is 0 Å². The van der Waals surface area contributed by atoms with Gasteiger partial charge < -0.3 is 9.88 Å². The van der Waals surface area contributed by atoms with Crippen molar-refractivity contribution in [3.05, 3.63) is 53.5 Å². The Labute approximate surface area is 134 Å². The van der Waals surface area contributed by atoms with Crippen LogP contribution >= 0.6 is 0 Å². The van der Waals surface area contributed by atoms with Crippen LogP contribution in [0.4, 0.5) is 0 Å². The van der Waals surface area contributed by atoms with Crippen molar-refractivity contribution in [2.24, 2.45) is 0 Å². The SMILES string of the molecule is Cc1cn[nH]c1C(=O)N1CCC(c2ccc3[nH]ccc3c2)CC1. The number of likely N-dealkylation sites (tertiary alicyclic amines) is 1. The van der Waals surface area contributed by atoms with Gasteiger partial charge in [-0.1, -0.05) is 6.07 Å². The summed E-state index contributed by atoms with van der Waals surface area (Å²) in [4.78, 5) is 17.7. The second-order valence-corrected chi connectivity index (χ2v) is 6.32. The summed E-state index contributed by atoms with van der Waals surface area (Å²) in [6.07, 6.45) is 5.69. The maximum Gasteiger partial charge on any atom is 0.272 e. The van der Waals surface area contributed by atoms with Crippen LogP contribution in [0.2, 0.25) is 0 Å². The Kier molecular flexibility index (Phi) is 3.41. The van der Waals surface area contributed by atoms with Crippen LogP contribution in [0, 0.1) is 6.92 Å². The summed E-state index contributed by atoms with van der Waals surface area (Å²) in [5.74, 6) is 0.598. The van der Waals surface area contributed by atoms with Gasteiger partial charge >= 0.3 is 0 Å². The van der Waals surface area contributed by atoms with Crippen LogP contribution in [0.3, 0.4) is 0 Å². The Balaban J connectivity index is 1.46. The first-order valence-electron chi connectivity index (χ1n) is 8.08. The molecule has 0 saturated carbocycles. The lowest BCUT2D eigenvalue weighted by atomic mass is 9.89. The first kappa shape index (κ1) is 14.1. The summed E-state index contributed by atoms with van der Waals surface area (Å²) >= 11 is 0. The average molecular weight is 308 g/mol. The first-order valence-corrected chi connectivity index (χ1v) is 8.08. The van der Waals surface area contributed by atoms with Crippen LogP contribution in [-0.2, 0) is 0 Å². The minimum Gasteiger partial charge on any atom is -0.361 e. The quantitative estimate of drug-likeness (QED) is 0.763. The number of benzene rings is 1. The molecule has 0 radical (unpaired) electrons. The Morgan fingerprint density at radius 3 is 2.83 bits per heavy atom. The molecule has 3 aromatic rings. The summed E-state index contributed by atoms with van der Waals surface area (Å²) < 4.78 is 0. The summed E-state index contributed by atoms with van der Waals surface area (Å²) in [5, 5.41) is 8.02. The van der Waals surface area contributed by atoms with E-state index in [1.807, 2.05) is 18.0 Å². The van der Waals surface area contributed by atoms with E-state index < -0.39 is 0 Å². The minimum atomic E-state index is 0.0690. The van der Waals surface area contributed by atoms with Gasteiger partial charge in [0.05, 0.1) is 6.20 Å². The number of rotatable bonds is 2. The zero-order valence-corrected chi connectivity index (χ0v) is 13.2. The van der Waals surface area contributed by atoms with Crippen molar-refractivity contribution in [3.63, 3.8) is 0 Å². The number of H-pyrrole nitrogens is 2. The number of fused-ring (bicyclic) bond motifs is 1. The highest BCUT2D eigenvalue weighted by molar-refractivity contribution is 5.93. The van der Waals surface area contributed by atoms with E-state index in [2.05, 4.69) is 39.4 Å². The molecule has 0 spiro atoms. The highest BCUT2D eigenvalue weighted by Gasteiger charge is 2.26. The lowest BCUT2D eigenvalue weighted by molar-refractivity contribution is 0.0706. The van der Waals surface area contributed by atoms with Crippen LogP contribution < -0.4 is 0 Å². The molecule has 5 nitrogen and oxygen atoms in total. The molecule has 118 valence electrons. The monoisotopic (exact) mass is 308 g/mol. The summed E-state index contributed by atoms with van der Waals surface area (Å²) in [5.41, 5.74) is 4.09. The molecule has 0 atom stereocenters. The highest BCUT2D eigenvalue weighted by atomic mass is 16.2. The van der Waals surface area contributed by atoms with E-state index in [9.17, 15) is 4.79 Å². The molecule has 1 aliphatic rings. The van der Waals surface area contributed by atoms with Gasteiger partial charge in [-0.25, -0.2) is 0 Å². The van der Waals surface area contributed by atoms with Crippen LogP contribution in [0.15, 0.2) is 36.7 Å². The zero-order chi connectivity index (χ0) is 15.8. The molecule has 0 unspecified atom stereocenters. The van der Waals surface area contributed by atoms with Gasteiger partial charge in [0.2, 0.25) is 0 Å². The number of nitrogens with one attached hydrogen (secondary N) is 2. The number of aromatic amines is 2.